The second-order valence-corrected chi connectivity index (χ2v) is 6.29. The Morgan fingerprint density at radius 2 is 1.50 bits per heavy atom. The van der Waals surface area contributed by atoms with Crippen molar-refractivity contribution in [1.82, 2.24) is 0 Å². The van der Waals surface area contributed by atoms with Crippen LogP contribution in [-0.2, 0) is 10.8 Å². The van der Waals surface area contributed by atoms with Crippen molar-refractivity contribution in [2.45, 2.75) is 51.0 Å². The highest BCUT2D eigenvalue weighted by atomic mass is 19.4. The second kappa shape index (κ2) is 7.54. The van der Waals surface area contributed by atoms with Crippen LogP contribution in [0.3, 0.4) is 0 Å². The van der Waals surface area contributed by atoms with E-state index >= 15 is 0 Å². The molecule has 0 aliphatic heterocycles. The highest BCUT2D eigenvalue weighted by Crippen LogP contribution is 2.39. The third-order valence-corrected chi connectivity index (χ3v) is 4.16. The number of ether oxygens (including phenoxy) is 1. The summed E-state index contributed by atoms with van der Waals surface area (Å²) >= 11 is 0. The molecule has 1 aliphatic carbocycles. The summed E-state index contributed by atoms with van der Waals surface area (Å²) < 4.78 is 110. The van der Waals surface area contributed by atoms with Crippen LogP contribution in [0.1, 0.15) is 36.8 Å². The van der Waals surface area contributed by atoms with Crippen LogP contribution < -0.4 is 0 Å². The maximum absolute atomic E-state index is 14.1. The number of alkyl halides is 5. The Kier molecular flexibility index (Phi) is 5.99. The standard InChI is InChI=1S/C17H16F8O/c1-9-6-12(18)15(13(19)7-9)17(24,25)26-11-4-2-10(3-5-11)8-14(20)16(21,22)23/h6-8,10-11H,2-5H2,1H3. The molecule has 0 atom stereocenters. The summed E-state index contributed by atoms with van der Waals surface area (Å²) in [6.07, 6.45) is -10.2. The molecule has 1 aromatic rings. The molecular weight excluding hydrogens is 372 g/mol. The van der Waals surface area contributed by atoms with Crippen molar-refractivity contribution in [3.8, 4) is 0 Å². The smallest absolute Gasteiger partial charge is 0.313 e. The van der Waals surface area contributed by atoms with Gasteiger partial charge in [-0.3, -0.25) is 0 Å². The Morgan fingerprint density at radius 1 is 1.00 bits per heavy atom. The number of rotatable bonds is 4. The Morgan fingerprint density at radius 3 is 1.96 bits per heavy atom. The van der Waals surface area contributed by atoms with Crippen molar-refractivity contribution in [3.63, 3.8) is 0 Å². The van der Waals surface area contributed by atoms with E-state index < -0.39 is 47.3 Å². The Bertz CT molecular complexity index is 649. The number of halogens is 8. The third kappa shape index (κ3) is 4.96. The summed E-state index contributed by atoms with van der Waals surface area (Å²) in [5.41, 5.74) is -1.38. The van der Waals surface area contributed by atoms with E-state index in [0.717, 1.165) is 12.1 Å². The van der Waals surface area contributed by atoms with E-state index in [9.17, 15) is 35.1 Å². The quantitative estimate of drug-likeness (QED) is 0.549. The fraction of sp³-hybridized carbons (Fsp3) is 0.529. The van der Waals surface area contributed by atoms with Crippen LogP contribution in [0.25, 0.3) is 0 Å². The molecule has 0 aromatic heterocycles. The molecule has 0 unspecified atom stereocenters. The number of benzene rings is 1. The molecule has 146 valence electrons. The number of hydrogen-bond acceptors (Lipinski definition) is 1. The number of hydrogen-bond donors (Lipinski definition) is 0. The molecule has 0 heterocycles. The van der Waals surface area contributed by atoms with E-state index in [4.69, 9.17) is 0 Å². The van der Waals surface area contributed by atoms with E-state index in [0.29, 0.717) is 6.08 Å². The zero-order chi connectivity index (χ0) is 19.7. The lowest BCUT2D eigenvalue weighted by Crippen LogP contribution is -2.31. The fourth-order valence-electron chi connectivity index (χ4n) is 2.92. The molecule has 1 aromatic carbocycles. The van der Waals surface area contributed by atoms with Crippen molar-refractivity contribution in [3.05, 3.63) is 46.8 Å². The molecule has 0 radical (unpaired) electrons. The van der Waals surface area contributed by atoms with Gasteiger partial charge >= 0.3 is 12.3 Å². The Labute approximate surface area is 144 Å². The van der Waals surface area contributed by atoms with Crippen LogP contribution >= 0.6 is 0 Å². The van der Waals surface area contributed by atoms with Gasteiger partial charge < -0.3 is 4.74 Å². The van der Waals surface area contributed by atoms with Crippen LogP contribution in [0, 0.1) is 24.5 Å². The minimum Gasteiger partial charge on any atom is -0.313 e. The van der Waals surface area contributed by atoms with E-state index in [-0.39, 0.29) is 31.2 Å². The van der Waals surface area contributed by atoms with Crippen LogP contribution in [-0.4, -0.2) is 12.3 Å². The van der Waals surface area contributed by atoms with Crippen molar-refractivity contribution in [2.75, 3.05) is 0 Å². The molecule has 2 rings (SSSR count). The lowest BCUT2D eigenvalue weighted by Gasteiger charge is -2.30. The maximum Gasteiger partial charge on any atom is 0.442 e. The van der Waals surface area contributed by atoms with Crippen molar-refractivity contribution < 1.29 is 39.9 Å². The number of allylic oxidation sites excluding steroid dienone is 2. The Balaban J connectivity index is 2.03. The normalized spacial score (nSPS) is 22.6. The molecule has 1 fully saturated rings. The molecular formula is C17H16F8O. The summed E-state index contributed by atoms with van der Waals surface area (Å²) in [5.74, 6) is -5.89. The van der Waals surface area contributed by atoms with Gasteiger partial charge in [0.25, 0.3) is 0 Å². The van der Waals surface area contributed by atoms with Crippen molar-refractivity contribution in [1.29, 1.82) is 0 Å². The monoisotopic (exact) mass is 388 g/mol. The lowest BCUT2D eigenvalue weighted by atomic mass is 9.87. The van der Waals surface area contributed by atoms with Gasteiger partial charge in [0, 0.05) is 0 Å². The SMILES string of the molecule is Cc1cc(F)c(C(F)(F)OC2CCC(C=C(F)C(F)(F)F)CC2)c(F)c1. The highest BCUT2D eigenvalue weighted by Gasteiger charge is 2.42. The summed E-state index contributed by atoms with van der Waals surface area (Å²) in [6, 6.07) is 1.49. The zero-order valence-corrected chi connectivity index (χ0v) is 13.6. The van der Waals surface area contributed by atoms with E-state index in [1.807, 2.05) is 0 Å². The third-order valence-electron chi connectivity index (χ3n) is 4.16. The van der Waals surface area contributed by atoms with Crippen LogP contribution in [0.5, 0.6) is 0 Å². The van der Waals surface area contributed by atoms with Crippen molar-refractivity contribution in [2.24, 2.45) is 5.92 Å². The molecule has 0 N–H and O–H groups in total. The molecule has 1 aliphatic rings. The maximum atomic E-state index is 14.1. The fourth-order valence-corrected chi connectivity index (χ4v) is 2.92. The average Bonchev–Trinajstić information content (AvgIpc) is 2.46. The van der Waals surface area contributed by atoms with Crippen LogP contribution in [0.4, 0.5) is 35.1 Å². The summed E-state index contributed by atoms with van der Waals surface area (Å²) in [6.45, 7) is 1.34. The molecule has 1 saturated carbocycles. The largest absolute Gasteiger partial charge is 0.442 e. The molecule has 0 saturated heterocycles. The predicted octanol–water partition coefficient (Wildman–Crippen LogP) is 6.31. The van der Waals surface area contributed by atoms with Gasteiger partial charge in [0.1, 0.15) is 17.2 Å². The van der Waals surface area contributed by atoms with Gasteiger partial charge in [0.05, 0.1) is 6.10 Å². The van der Waals surface area contributed by atoms with E-state index in [1.165, 1.54) is 6.92 Å². The summed E-state index contributed by atoms with van der Waals surface area (Å²) in [7, 11) is 0. The topological polar surface area (TPSA) is 9.23 Å². The lowest BCUT2D eigenvalue weighted by molar-refractivity contribution is -0.280. The first kappa shape index (κ1) is 20.7. The van der Waals surface area contributed by atoms with E-state index in [2.05, 4.69) is 4.74 Å². The highest BCUT2D eigenvalue weighted by molar-refractivity contribution is 5.27. The molecule has 0 amide bonds. The minimum atomic E-state index is -5.08. The first-order valence-electron chi connectivity index (χ1n) is 7.86. The van der Waals surface area contributed by atoms with Gasteiger partial charge in [-0.25, -0.2) is 13.2 Å². The van der Waals surface area contributed by atoms with Gasteiger partial charge in [-0.1, -0.05) is 0 Å². The van der Waals surface area contributed by atoms with Gasteiger partial charge in [-0.2, -0.15) is 22.0 Å². The first-order chi connectivity index (χ1) is 11.9. The molecule has 0 bridgehead atoms. The van der Waals surface area contributed by atoms with Gasteiger partial charge in [-0.15, -0.1) is 0 Å². The number of aryl methyl sites for hydroxylation is 1. The van der Waals surface area contributed by atoms with Crippen molar-refractivity contribution >= 4 is 0 Å². The summed E-state index contributed by atoms with van der Waals surface area (Å²) in [4.78, 5) is 0. The van der Waals surface area contributed by atoms with Crippen LogP contribution in [0.2, 0.25) is 0 Å². The second-order valence-electron chi connectivity index (χ2n) is 6.29. The van der Waals surface area contributed by atoms with Crippen LogP contribution in [0.15, 0.2) is 24.0 Å². The van der Waals surface area contributed by atoms with Gasteiger partial charge in [-0.05, 0) is 62.3 Å². The van der Waals surface area contributed by atoms with Gasteiger partial charge in [0.15, 0.2) is 5.83 Å². The molecule has 1 nitrogen and oxygen atoms in total. The predicted molar refractivity (Wildman–Crippen MR) is 77.1 cm³/mol. The Hall–Kier alpha value is -1.64. The van der Waals surface area contributed by atoms with Gasteiger partial charge in [0.2, 0.25) is 0 Å². The molecule has 9 heteroatoms. The average molecular weight is 388 g/mol. The minimum absolute atomic E-state index is 0.0108. The zero-order valence-electron chi connectivity index (χ0n) is 13.6. The summed E-state index contributed by atoms with van der Waals surface area (Å²) in [5, 5.41) is 0. The molecule has 26 heavy (non-hydrogen) atoms. The first-order valence-corrected chi connectivity index (χ1v) is 7.86. The molecule has 0 spiro atoms. The van der Waals surface area contributed by atoms with E-state index in [1.54, 1.807) is 0 Å².